The van der Waals surface area contributed by atoms with E-state index < -0.39 is 0 Å². The van der Waals surface area contributed by atoms with Gasteiger partial charge in [-0.2, -0.15) is 0 Å². The van der Waals surface area contributed by atoms with Crippen LogP contribution < -0.4 is 4.74 Å². The van der Waals surface area contributed by atoms with Gasteiger partial charge in [-0.25, -0.2) is 0 Å². The molecule has 2 aromatic carbocycles. The zero-order valence-corrected chi connectivity index (χ0v) is 20.2. The van der Waals surface area contributed by atoms with Crippen LogP contribution in [0.15, 0.2) is 42.5 Å². The number of benzene rings is 2. The van der Waals surface area contributed by atoms with E-state index in [1.807, 2.05) is 35.0 Å². The standard InChI is InChI=1S/C25H30Cl2N2O3/c1-3-4-13-28(2)24(30)18-11-14-29(15-12-18)25(31)21-7-5-6-8-23(21)32-17-19-9-10-20(26)16-22(19)27/h5-10,16,18H,3-4,11-15,17H2,1-2H3. The lowest BCUT2D eigenvalue weighted by Gasteiger charge is -2.33. The zero-order chi connectivity index (χ0) is 23.1. The predicted octanol–water partition coefficient (Wildman–Crippen LogP) is 5.68. The van der Waals surface area contributed by atoms with Gasteiger partial charge in [-0.05, 0) is 43.5 Å². The minimum absolute atomic E-state index is 0.0144. The van der Waals surface area contributed by atoms with Crippen LogP contribution in [0, 0.1) is 5.92 Å². The third-order valence-electron chi connectivity index (χ3n) is 5.87. The van der Waals surface area contributed by atoms with Crippen LogP contribution in [0.4, 0.5) is 0 Å². The van der Waals surface area contributed by atoms with Gasteiger partial charge in [0, 0.05) is 48.2 Å². The van der Waals surface area contributed by atoms with Crippen LogP contribution in [0.25, 0.3) is 0 Å². The largest absolute Gasteiger partial charge is 0.488 e. The number of para-hydroxylation sites is 1. The summed E-state index contributed by atoms with van der Waals surface area (Å²) >= 11 is 12.2. The fourth-order valence-electron chi connectivity index (χ4n) is 3.88. The topological polar surface area (TPSA) is 49.9 Å². The molecule has 0 aliphatic carbocycles. The van der Waals surface area contributed by atoms with Crippen LogP contribution >= 0.6 is 23.2 Å². The minimum atomic E-state index is -0.0759. The van der Waals surface area contributed by atoms with Crippen molar-refractivity contribution >= 4 is 35.0 Å². The van der Waals surface area contributed by atoms with E-state index in [4.69, 9.17) is 27.9 Å². The molecule has 1 fully saturated rings. The molecule has 3 rings (SSSR count). The molecule has 2 amide bonds. The van der Waals surface area contributed by atoms with Gasteiger partial charge in [0.2, 0.25) is 5.91 Å². The van der Waals surface area contributed by atoms with Crippen molar-refractivity contribution in [2.75, 3.05) is 26.7 Å². The van der Waals surface area contributed by atoms with Crippen molar-refractivity contribution in [2.24, 2.45) is 5.92 Å². The first kappa shape index (κ1) is 24.4. The van der Waals surface area contributed by atoms with Crippen molar-refractivity contribution in [3.63, 3.8) is 0 Å². The van der Waals surface area contributed by atoms with Crippen molar-refractivity contribution in [1.82, 2.24) is 9.80 Å². The molecule has 0 saturated carbocycles. The molecule has 0 unspecified atom stereocenters. The molecule has 5 nitrogen and oxygen atoms in total. The average Bonchev–Trinajstić information content (AvgIpc) is 2.81. The lowest BCUT2D eigenvalue weighted by atomic mass is 9.94. The van der Waals surface area contributed by atoms with Gasteiger partial charge >= 0.3 is 0 Å². The average molecular weight is 477 g/mol. The number of carbonyl (C=O) groups is 2. The number of ether oxygens (including phenoxy) is 1. The number of likely N-dealkylation sites (tertiary alicyclic amines) is 1. The van der Waals surface area contributed by atoms with Gasteiger partial charge < -0.3 is 14.5 Å². The van der Waals surface area contributed by atoms with Crippen LogP contribution in [0.2, 0.25) is 10.0 Å². The van der Waals surface area contributed by atoms with Crippen molar-refractivity contribution in [2.45, 2.75) is 39.2 Å². The van der Waals surface area contributed by atoms with E-state index in [1.165, 1.54) is 0 Å². The van der Waals surface area contributed by atoms with Gasteiger partial charge in [0.1, 0.15) is 12.4 Å². The smallest absolute Gasteiger partial charge is 0.257 e. The summed E-state index contributed by atoms with van der Waals surface area (Å²) in [5.41, 5.74) is 1.31. The van der Waals surface area contributed by atoms with Gasteiger partial charge in [-0.1, -0.05) is 54.7 Å². The molecule has 0 radical (unpaired) electrons. The molecule has 172 valence electrons. The van der Waals surface area contributed by atoms with Gasteiger partial charge in [0.25, 0.3) is 5.91 Å². The summed E-state index contributed by atoms with van der Waals surface area (Å²) in [4.78, 5) is 29.5. The van der Waals surface area contributed by atoms with Crippen molar-refractivity contribution in [3.05, 3.63) is 63.6 Å². The fraction of sp³-hybridized carbons (Fsp3) is 0.440. The molecular weight excluding hydrogens is 447 g/mol. The van der Waals surface area contributed by atoms with Crippen molar-refractivity contribution in [1.29, 1.82) is 0 Å². The summed E-state index contributed by atoms with van der Waals surface area (Å²) in [6.07, 6.45) is 3.45. The maximum Gasteiger partial charge on any atom is 0.257 e. The highest BCUT2D eigenvalue weighted by atomic mass is 35.5. The van der Waals surface area contributed by atoms with Gasteiger partial charge in [-0.3, -0.25) is 9.59 Å². The maximum atomic E-state index is 13.2. The molecule has 2 aromatic rings. The number of carbonyl (C=O) groups excluding carboxylic acids is 2. The maximum absolute atomic E-state index is 13.2. The second-order valence-electron chi connectivity index (χ2n) is 8.20. The molecule has 0 bridgehead atoms. The second kappa shape index (κ2) is 11.6. The van der Waals surface area contributed by atoms with Gasteiger partial charge in [0.15, 0.2) is 0 Å². The molecule has 0 N–H and O–H groups in total. The quantitative estimate of drug-likeness (QED) is 0.491. The van der Waals surface area contributed by atoms with Crippen molar-refractivity contribution < 1.29 is 14.3 Å². The van der Waals surface area contributed by atoms with Crippen LogP contribution in [0.3, 0.4) is 0 Å². The van der Waals surface area contributed by atoms with E-state index in [2.05, 4.69) is 6.92 Å². The lowest BCUT2D eigenvalue weighted by Crippen LogP contribution is -2.43. The van der Waals surface area contributed by atoms with E-state index >= 15 is 0 Å². The van der Waals surface area contributed by atoms with Crippen LogP contribution in [-0.4, -0.2) is 48.3 Å². The van der Waals surface area contributed by atoms with Crippen LogP contribution in [0.5, 0.6) is 5.75 Å². The van der Waals surface area contributed by atoms with Gasteiger partial charge in [0.05, 0.1) is 5.56 Å². The molecule has 1 aliphatic rings. The summed E-state index contributed by atoms with van der Waals surface area (Å²) in [7, 11) is 1.87. The van der Waals surface area contributed by atoms with Crippen LogP contribution in [0.1, 0.15) is 48.5 Å². The Labute approximate surface area is 200 Å². The summed E-state index contributed by atoms with van der Waals surface area (Å²) in [6.45, 7) is 4.27. The third kappa shape index (κ3) is 6.17. The number of amides is 2. The minimum Gasteiger partial charge on any atom is -0.488 e. The van der Waals surface area contributed by atoms with E-state index in [1.54, 1.807) is 24.3 Å². The molecule has 1 saturated heterocycles. The molecule has 0 spiro atoms. The summed E-state index contributed by atoms with van der Waals surface area (Å²) in [6, 6.07) is 12.5. The Hall–Kier alpha value is -2.24. The Morgan fingerprint density at radius 3 is 2.53 bits per heavy atom. The zero-order valence-electron chi connectivity index (χ0n) is 18.7. The first-order chi connectivity index (χ1) is 15.4. The Morgan fingerprint density at radius 2 is 1.84 bits per heavy atom. The monoisotopic (exact) mass is 476 g/mol. The predicted molar refractivity (Wildman–Crippen MR) is 128 cm³/mol. The van der Waals surface area contributed by atoms with E-state index in [-0.39, 0.29) is 24.3 Å². The number of nitrogens with zero attached hydrogens (tertiary/aromatic N) is 2. The molecule has 0 aromatic heterocycles. The van der Waals surface area contributed by atoms with E-state index in [0.29, 0.717) is 47.3 Å². The molecule has 7 heteroatoms. The highest BCUT2D eigenvalue weighted by Gasteiger charge is 2.30. The molecular formula is C25H30Cl2N2O3. The number of unbranched alkanes of at least 4 members (excludes halogenated alkanes) is 1. The Bertz CT molecular complexity index is 943. The SMILES string of the molecule is CCCCN(C)C(=O)C1CCN(C(=O)c2ccccc2OCc2ccc(Cl)cc2Cl)CC1. The molecule has 0 atom stereocenters. The normalized spacial score (nSPS) is 14.3. The highest BCUT2D eigenvalue weighted by Crippen LogP contribution is 2.27. The number of hydrogen-bond donors (Lipinski definition) is 0. The second-order valence-corrected chi connectivity index (χ2v) is 9.04. The summed E-state index contributed by atoms with van der Waals surface area (Å²) in [5, 5.41) is 1.09. The third-order valence-corrected chi connectivity index (χ3v) is 6.46. The Morgan fingerprint density at radius 1 is 1.12 bits per heavy atom. The van der Waals surface area contributed by atoms with Gasteiger partial charge in [-0.15, -0.1) is 0 Å². The molecule has 1 heterocycles. The number of halogens is 2. The van der Waals surface area contributed by atoms with Crippen molar-refractivity contribution in [3.8, 4) is 5.75 Å². The summed E-state index contributed by atoms with van der Waals surface area (Å²) in [5.74, 6) is 0.614. The molecule has 32 heavy (non-hydrogen) atoms. The Balaban J connectivity index is 1.61. The summed E-state index contributed by atoms with van der Waals surface area (Å²) < 4.78 is 5.95. The first-order valence-corrected chi connectivity index (χ1v) is 11.9. The van der Waals surface area contributed by atoms with Crippen LogP contribution in [-0.2, 0) is 11.4 Å². The lowest BCUT2D eigenvalue weighted by molar-refractivity contribution is -0.135. The first-order valence-electron chi connectivity index (χ1n) is 11.1. The number of piperidine rings is 1. The van der Waals surface area contributed by atoms with E-state index in [9.17, 15) is 9.59 Å². The number of hydrogen-bond acceptors (Lipinski definition) is 3. The highest BCUT2D eigenvalue weighted by molar-refractivity contribution is 6.35. The number of rotatable bonds is 8. The molecule has 1 aliphatic heterocycles. The fourth-order valence-corrected chi connectivity index (χ4v) is 4.34. The van der Waals surface area contributed by atoms with E-state index in [0.717, 1.165) is 24.9 Å². The Kier molecular flexibility index (Phi) is 8.83.